The zero-order chi connectivity index (χ0) is 11.6. The standard InChI is InChI=1S/C7H7F3N2O2S/c8-7(9,10)4(13)1-3-2-15-6(12-3)5(11)14/h2,4,13H,1H2,(H2,11,14). The van der Waals surface area contributed by atoms with Gasteiger partial charge < -0.3 is 10.8 Å². The van der Waals surface area contributed by atoms with E-state index >= 15 is 0 Å². The molecule has 4 nitrogen and oxygen atoms in total. The minimum Gasteiger partial charge on any atom is -0.383 e. The molecule has 8 heteroatoms. The van der Waals surface area contributed by atoms with Gasteiger partial charge in [0, 0.05) is 11.8 Å². The number of hydrogen-bond acceptors (Lipinski definition) is 4. The van der Waals surface area contributed by atoms with Crippen molar-refractivity contribution in [3.8, 4) is 0 Å². The summed E-state index contributed by atoms with van der Waals surface area (Å²) < 4.78 is 35.8. The van der Waals surface area contributed by atoms with E-state index in [-0.39, 0.29) is 10.7 Å². The molecule has 3 N–H and O–H groups in total. The van der Waals surface area contributed by atoms with Gasteiger partial charge in [-0.15, -0.1) is 11.3 Å². The molecule has 0 saturated carbocycles. The molecule has 0 saturated heterocycles. The van der Waals surface area contributed by atoms with E-state index in [2.05, 4.69) is 4.98 Å². The zero-order valence-corrected chi connectivity index (χ0v) is 8.10. The molecule has 0 spiro atoms. The third kappa shape index (κ3) is 3.17. The van der Waals surface area contributed by atoms with Crippen molar-refractivity contribution < 1.29 is 23.1 Å². The maximum atomic E-state index is 11.9. The molecule has 1 unspecified atom stereocenters. The summed E-state index contributed by atoms with van der Waals surface area (Å²) in [5.41, 5.74) is 4.87. The molecule has 0 bridgehead atoms. The molecule has 0 aliphatic rings. The maximum Gasteiger partial charge on any atom is 0.414 e. The van der Waals surface area contributed by atoms with Gasteiger partial charge in [0.1, 0.15) is 0 Å². The predicted octanol–water partition coefficient (Wildman–Crippen LogP) is 0.708. The van der Waals surface area contributed by atoms with Crippen molar-refractivity contribution in [3.05, 3.63) is 16.1 Å². The summed E-state index contributed by atoms with van der Waals surface area (Å²) in [5, 5.41) is 9.90. The van der Waals surface area contributed by atoms with E-state index in [1.807, 2.05) is 0 Å². The van der Waals surface area contributed by atoms with Gasteiger partial charge in [0.15, 0.2) is 11.1 Å². The molecular weight excluding hydrogens is 233 g/mol. The van der Waals surface area contributed by atoms with Gasteiger partial charge in [-0.3, -0.25) is 4.79 Å². The number of rotatable bonds is 3. The van der Waals surface area contributed by atoms with Crippen molar-refractivity contribution in [2.24, 2.45) is 5.73 Å². The molecule has 84 valence electrons. The molecule has 1 rings (SSSR count). The normalized spacial score (nSPS) is 13.9. The first kappa shape index (κ1) is 11.9. The monoisotopic (exact) mass is 240 g/mol. The number of primary amides is 1. The van der Waals surface area contributed by atoms with Gasteiger partial charge in [-0.25, -0.2) is 4.98 Å². The van der Waals surface area contributed by atoms with E-state index < -0.39 is 24.6 Å². The van der Waals surface area contributed by atoms with E-state index in [9.17, 15) is 18.0 Å². The van der Waals surface area contributed by atoms with Crippen LogP contribution in [0.1, 0.15) is 15.5 Å². The quantitative estimate of drug-likeness (QED) is 0.816. The minimum atomic E-state index is -4.68. The molecule has 0 aliphatic carbocycles. The average molecular weight is 240 g/mol. The Bertz CT molecular complexity index is 363. The highest BCUT2D eigenvalue weighted by Crippen LogP contribution is 2.23. The van der Waals surface area contributed by atoms with E-state index in [1.54, 1.807) is 0 Å². The van der Waals surface area contributed by atoms with Crippen LogP contribution >= 0.6 is 11.3 Å². The lowest BCUT2D eigenvalue weighted by molar-refractivity contribution is -0.203. The van der Waals surface area contributed by atoms with Crippen molar-refractivity contribution in [1.82, 2.24) is 4.98 Å². The number of carbonyl (C=O) groups excluding carboxylic acids is 1. The summed E-state index contributed by atoms with van der Waals surface area (Å²) in [4.78, 5) is 14.1. The van der Waals surface area contributed by atoms with Crippen LogP contribution in [0.4, 0.5) is 13.2 Å². The number of nitrogens with two attached hydrogens (primary N) is 1. The van der Waals surface area contributed by atoms with Crippen LogP contribution in [-0.4, -0.2) is 28.3 Å². The lowest BCUT2D eigenvalue weighted by Gasteiger charge is -2.12. The number of halogens is 3. The highest BCUT2D eigenvalue weighted by molar-refractivity contribution is 7.11. The zero-order valence-electron chi connectivity index (χ0n) is 7.28. The molecule has 1 aromatic rings. The van der Waals surface area contributed by atoms with Gasteiger partial charge in [-0.2, -0.15) is 13.2 Å². The number of alkyl halides is 3. The Labute approximate surface area is 86.5 Å². The Kier molecular flexibility index (Phi) is 3.30. The topological polar surface area (TPSA) is 76.2 Å². The summed E-state index contributed by atoms with van der Waals surface area (Å²) in [6, 6.07) is 0. The first-order valence-electron chi connectivity index (χ1n) is 3.79. The minimum absolute atomic E-state index is 0.00127. The number of amides is 1. The molecule has 1 aromatic heterocycles. The summed E-state index contributed by atoms with van der Waals surface area (Å²) in [6.45, 7) is 0. The number of hydrogen-bond donors (Lipinski definition) is 2. The molecule has 1 heterocycles. The number of thiazole rings is 1. The summed E-state index contributed by atoms with van der Waals surface area (Å²) >= 11 is 0.846. The molecule has 0 aliphatic heterocycles. The maximum absolute atomic E-state index is 11.9. The number of carbonyl (C=O) groups is 1. The van der Waals surface area contributed by atoms with Crippen LogP contribution in [0, 0.1) is 0 Å². The first-order chi connectivity index (χ1) is 6.80. The lowest BCUT2D eigenvalue weighted by atomic mass is 10.2. The Balaban J connectivity index is 2.69. The fraction of sp³-hybridized carbons (Fsp3) is 0.429. The van der Waals surface area contributed by atoms with E-state index in [0.717, 1.165) is 11.3 Å². The number of nitrogens with zero attached hydrogens (tertiary/aromatic N) is 1. The van der Waals surface area contributed by atoms with Crippen LogP contribution in [0.3, 0.4) is 0 Å². The molecule has 0 radical (unpaired) electrons. The summed E-state index contributed by atoms with van der Waals surface area (Å²) in [7, 11) is 0. The van der Waals surface area contributed by atoms with Crippen molar-refractivity contribution in [1.29, 1.82) is 0 Å². The fourth-order valence-corrected chi connectivity index (χ4v) is 1.51. The molecule has 0 aromatic carbocycles. The lowest BCUT2D eigenvalue weighted by Crippen LogP contribution is -2.30. The van der Waals surface area contributed by atoms with Crippen molar-refractivity contribution in [3.63, 3.8) is 0 Å². The smallest absolute Gasteiger partial charge is 0.383 e. The first-order valence-corrected chi connectivity index (χ1v) is 4.67. The number of aliphatic hydroxyl groups excluding tert-OH is 1. The van der Waals surface area contributed by atoms with Gasteiger partial charge in [0.25, 0.3) is 5.91 Å². The summed E-state index contributed by atoms with van der Waals surface area (Å²) in [6.07, 6.45) is -7.83. The van der Waals surface area contributed by atoms with Crippen LogP contribution in [-0.2, 0) is 6.42 Å². The van der Waals surface area contributed by atoms with E-state index in [1.165, 1.54) is 5.38 Å². The molecule has 0 fully saturated rings. The Morgan fingerprint density at radius 1 is 1.67 bits per heavy atom. The number of aromatic nitrogens is 1. The van der Waals surface area contributed by atoms with Crippen molar-refractivity contribution >= 4 is 17.2 Å². The second kappa shape index (κ2) is 4.15. The Hall–Kier alpha value is -1.15. The van der Waals surface area contributed by atoms with Gasteiger partial charge in [0.2, 0.25) is 0 Å². The third-order valence-electron chi connectivity index (χ3n) is 1.54. The van der Waals surface area contributed by atoms with Crippen LogP contribution < -0.4 is 5.73 Å². The second-order valence-electron chi connectivity index (χ2n) is 2.77. The Morgan fingerprint density at radius 3 is 2.67 bits per heavy atom. The van der Waals surface area contributed by atoms with Crippen molar-refractivity contribution in [2.75, 3.05) is 0 Å². The Morgan fingerprint density at radius 2 is 2.27 bits per heavy atom. The third-order valence-corrected chi connectivity index (χ3v) is 2.45. The van der Waals surface area contributed by atoms with Gasteiger partial charge in [-0.1, -0.05) is 0 Å². The van der Waals surface area contributed by atoms with Gasteiger partial charge in [0.05, 0.1) is 5.69 Å². The molecule has 15 heavy (non-hydrogen) atoms. The SMILES string of the molecule is NC(=O)c1nc(CC(O)C(F)(F)F)cs1. The van der Waals surface area contributed by atoms with Gasteiger partial charge >= 0.3 is 6.18 Å². The number of aliphatic hydroxyl groups is 1. The summed E-state index contributed by atoms with van der Waals surface area (Å²) in [5.74, 6) is -0.798. The van der Waals surface area contributed by atoms with Crippen LogP contribution in [0.5, 0.6) is 0 Å². The molecule has 1 atom stereocenters. The molecule has 1 amide bonds. The van der Waals surface area contributed by atoms with Crippen LogP contribution in [0.25, 0.3) is 0 Å². The van der Waals surface area contributed by atoms with Gasteiger partial charge in [-0.05, 0) is 0 Å². The van der Waals surface area contributed by atoms with Crippen molar-refractivity contribution in [2.45, 2.75) is 18.7 Å². The average Bonchev–Trinajstić information content (AvgIpc) is 2.50. The molecular formula is C7H7F3N2O2S. The van der Waals surface area contributed by atoms with E-state index in [0.29, 0.717) is 0 Å². The largest absolute Gasteiger partial charge is 0.414 e. The highest BCUT2D eigenvalue weighted by Gasteiger charge is 2.38. The predicted molar refractivity (Wildman–Crippen MR) is 46.4 cm³/mol. The fourth-order valence-electron chi connectivity index (χ4n) is 0.828. The van der Waals surface area contributed by atoms with E-state index in [4.69, 9.17) is 10.8 Å². The van der Waals surface area contributed by atoms with Crippen LogP contribution in [0.2, 0.25) is 0 Å². The second-order valence-corrected chi connectivity index (χ2v) is 3.63. The van der Waals surface area contributed by atoms with Crippen LogP contribution in [0.15, 0.2) is 5.38 Å². The highest BCUT2D eigenvalue weighted by atomic mass is 32.1.